The van der Waals surface area contributed by atoms with Crippen LogP contribution in [-0.2, 0) is 17.8 Å². The number of fused-ring (bicyclic) bond motifs is 2. The number of nitrogens with zero attached hydrogens (tertiary/aromatic N) is 2. The third-order valence-corrected chi connectivity index (χ3v) is 4.79. The van der Waals surface area contributed by atoms with Crippen LogP contribution in [0.2, 0.25) is 5.02 Å². The Morgan fingerprint density at radius 2 is 2.19 bits per heavy atom. The van der Waals surface area contributed by atoms with Crippen LogP contribution in [0, 0.1) is 0 Å². The number of carbonyl (C=O) groups is 2. The third-order valence-electron chi connectivity index (χ3n) is 4.56. The van der Waals surface area contributed by atoms with Crippen LogP contribution in [-0.4, -0.2) is 40.2 Å². The quantitative estimate of drug-likeness (QED) is 0.887. The lowest BCUT2D eigenvalue weighted by molar-refractivity contribution is -0.125. The van der Waals surface area contributed by atoms with Gasteiger partial charge in [0.1, 0.15) is 12.4 Å². The summed E-state index contributed by atoms with van der Waals surface area (Å²) in [6.45, 7) is 2.43. The molecular weight excluding hydrogens is 358 g/mol. The Morgan fingerprint density at radius 3 is 3.00 bits per heavy atom. The van der Waals surface area contributed by atoms with E-state index in [-0.39, 0.29) is 23.4 Å². The van der Waals surface area contributed by atoms with Gasteiger partial charge in [0.25, 0.3) is 5.91 Å². The van der Waals surface area contributed by atoms with E-state index in [0.29, 0.717) is 36.9 Å². The van der Waals surface area contributed by atoms with Gasteiger partial charge in [-0.05, 0) is 37.1 Å². The van der Waals surface area contributed by atoms with Crippen molar-refractivity contribution in [1.29, 1.82) is 0 Å². The molecule has 3 heterocycles. The van der Waals surface area contributed by atoms with Crippen LogP contribution in [0.4, 0.5) is 0 Å². The van der Waals surface area contributed by atoms with Crippen molar-refractivity contribution in [2.75, 3.05) is 6.61 Å². The van der Waals surface area contributed by atoms with Gasteiger partial charge in [-0.15, -0.1) is 0 Å². The number of amides is 1. The van der Waals surface area contributed by atoms with Crippen molar-refractivity contribution in [2.45, 2.75) is 38.5 Å². The lowest BCUT2D eigenvalue weighted by atomic mass is 10.0. The van der Waals surface area contributed by atoms with E-state index in [1.165, 1.54) is 6.92 Å². The maximum atomic E-state index is 12.5. The Balaban J connectivity index is 1.44. The van der Waals surface area contributed by atoms with Gasteiger partial charge < -0.3 is 14.8 Å². The van der Waals surface area contributed by atoms with Gasteiger partial charge in [-0.2, -0.15) is 5.10 Å². The average molecular weight is 376 g/mol. The molecular formula is C18H18ClN3O4. The molecule has 2 atom stereocenters. The summed E-state index contributed by atoms with van der Waals surface area (Å²) in [4.78, 5) is 24.0. The molecule has 8 heteroatoms. The summed E-state index contributed by atoms with van der Waals surface area (Å²) in [6.07, 6.45) is 0.722. The number of halogens is 1. The van der Waals surface area contributed by atoms with E-state index in [2.05, 4.69) is 10.4 Å². The van der Waals surface area contributed by atoms with Gasteiger partial charge in [0, 0.05) is 24.1 Å². The fourth-order valence-electron chi connectivity index (χ4n) is 3.21. The lowest BCUT2D eigenvalue weighted by Crippen LogP contribution is -2.42. The van der Waals surface area contributed by atoms with E-state index in [1.54, 1.807) is 16.8 Å². The summed E-state index contributed by atoms with van der Waals surface area (Å²) in [6, 6.07) is 6.86. The fraction of sp³-hybridized carbons (Fsp3) is 0.389. The standard InChI is InChI=1S/C18H18ClN3O4/c1-10(23)15-4-5-22-17(26-15)8-14(21-22)18(24)20-13-7-11-6-12(19)2-3-16(11)25-9-13/h2-3,6,8,13,15H,4-5,7,9H2,1H3,(H,20,24)/t13-,15?/m1/s1. The number of ketones is 1. The normalized spacial score (nSPS) is 21.0. The highest BCUT2D eigenvalue weighted by molar-refractivity contribution is 6.30. The summed E-state index contributed by atoms with van der Waals surface area (Å²) < 4.78 is 12.9. The number of aryl methyl sites for hydroxylation is 1. The first-order valence-electron chi connectivity index (χ1n) is 8.46. The first-order valence-corrected chi connectivity index (χ1v) is 8.84. The molecule has 1 amide bonds. The molecule has 1 aromatic heterocycles. The van der Waals surface area contributed by atoms with Crippen LogP contribution in [0.1, 0.15) is 29.4 Å². The van der Waals surface area contributed by atoms with E-state index >= 15 is 0 Å². The van der Waals surface area contributed by atoms with Crippen LogP contribution in [0.5, 0.6) is 11.6 Å². The molecule has 7 nitrogen and oxygen atoms in total. The summed E-state index contributed by atoms with van der Waals surface area (Å²) in [5.74, 6) is 0.911. The van der Waals surface area contributed by atoms with Gasteiger partial charge in [0.2, 0.25) is 5.88 Å². The topological polar surface area (TPSA) is 82.5 Å². The highest BCUT2D eigenvalue weighted by Crippen LogP contribution is 2.28. The summed E-state index contributed by atoms with van der Waals surface area (Å²) in [7, 11) is 0. The summed E-state index contributed by atoms with van der Waals surface area (Å²) >= 11 is 6.02. The van der Waals surface area contributed by atoms with Crippen LogP contribution >= 0.6 is 11.6 Å². The Kier molecular flexibility index (Phi) is 4.32. The minimum Gasteiger partial charge on any atom is -0.491 e. The minimum atomic E-state index is -0.469. The maximum absolute atomic E-state index is 12.5. The average Bonchev–Trinajstić information content (AvgIpc) is 3.04. The van der Waals surface area contributed by atoms with Crippen LogP contribution < -0.4 is 14.8 Å². The molecule has 0 bridgehead atoms. The molecule has 2 aliphatic rings. The molecule has 0 saturated heterocycles. The zero-order valence-electron chi connectivity index (χ0n) is 14.2. The maximum Gasteiger partial charge on any atom is 0.272 e. The summed E-state index contributed by atoms with van der Waals surface area (Å²) in [5.41, 5.74) is 1.23. The molecule has 2 aliphatic heterocycles. The van der Waals surface area contributed by atoms with Gasteiger partial charge in [-0.25, -0.2) is 4.68 Å². The monoisotopic (exact) mass is 375 g/mol. The number of hydrogen-bond donors (Lipinski definition) is 1. The van der Waals surface area contributed by atoms with E-state index in [4.69, 9.17) is 21.1 Å². The predicted octanol–water partition coefficient (Wildman–Crippen LogP) is 2.01. The smallest absolute Gasteiger partial charge is 0.272 e. The predicted molar refractivity (Wildman–Crippen MR) is 93.8 cm³/mol. The van der Waals surface area contributed by atoms with E-state index < -0.39 is 6.10 Å². The van der Waals surface area contributed by atoms with Gasteiger partial charge in [0.15, 0.2) is 17.6 Å². The highest BCUT2D eigenvalue weighted by Gasteiger charge is 2.28. The van der Waals surface area contributed by atoms with E-state index in [0.717, 1.165) is 11.3 Å². The number of ether oxygens (including phenoxy) is 2. The Labute approximate surface area is 155 Å². The molecule has 1 N–H and O–H groups in total. The number of nitrogens with one attached hydrogen (secondary N) is 1. The molecule has 1 aromatic carbocycles. The SMILES string of the molecule is CC(=O)C1CCn2nc(C(=O)N[C@H]3COc4ccc(Cl)cc4C3)cc2O1. The molecule has 0 spiro atoms. The van der Waals surface area contributed by atoms with Crippen LogP contribution in [0.3, 0.4) is 0 Å². The minimum absolute atomic E-state index is 0.0277. The van der Waals surface area contributed by atoms with Gasteiger partial charge in [0.05, 0.1) is 6.04 Å². The van der Waals surface area contributed by atoms with Crippen molar-refractivity contribution in [1.82, 2.24) is 15.1 Å². The van der Waals surface area contributed by atoms with Crippen molar-refractivity contribution in [2.24, 2.45) is 0 Å². The van der Waals surface area contributed by atoms with E-state index in [1.807, 2.05) is 12.1 Å². The molecule has 0 radical (unpaired) electrons. The van der Waals surface area contributed by atoms with Gasteiger partial charge in [-0.1, -0.05) is 11.6 Å². The third kappa shape index (κ3) is 3.26. The van der Waals surface area contributed by atoms with Crippen molar-refractivity contribution in [3.8, 4) is 11.6 Å². The van der Waals surface area contributed by atoms with Crippen LogP contribution in [0.15, 0.2) is 24.3 Å². The molecule has 26 heavy (non-hydrogen) atoms. The molecule has 1 unspecified atom stereocenters. The second-order valence-electron chi connectivity index (χ2n) is 6.53. The van der Waals surface area contributed by atoms with Gasteiger partial charge in [-0.3, -0.25) is 9.59 Å². The van der Waals surface area contributed by atoms with Crippen molar-refractivity contribution in [3.05, 3.63) is 40.5 Å². The number of aromatic nitrogens is 2. The number of hydrogen-bond acceptors (Lipinski definition) is 5. The molecule has 0 aliphatic carbocycles. The van der Waals surface area contributed by atoms with Gasteiger partial charge >= 0.3 is 0 Å². The van der Waals surface area contributed by atoms with Crippen LogP contribution in [0.25, 0.3) is 0 Å². The zero-order valence-corrected chi connectivity index (χ0v) is 15.0. The Hall–Kier alpha value is -2.54. The first kappa shape index (κ1) is 16.9. The van der Waals surface area contributed by atoms with Crippen molar-refractivity contribution in [3.63, 3.8) is 0 Å². The molecule has 2 aromatic rings. The molecule has 136 valence electrons. The fourth-order valence-corrected chi connectivity index (χ4v) is 3.41. The number of Topliss-reactive ketones (excluding diaryl/α,β-unsaturated/α-hetero) is 1. The second kappa shape index (κ2) is 6.64. The first-order chi connectivity index (χ1) is 12.5. The zero-order chi connectivity index (χ0) is 18.3. The lowest BCUT2D eigenvalue weighted by Gasteiger charge is -2.25. The number of rotatable bonds is 3. The molecule has 4 rings (SSSR count). The largest absolute Gasteiger partial charge is 0.491 e. The Morgan fingerprint density at radius 1 is 1.35 bits per heavy atom. The van der Waals surface area contributed by atoms with E-state index in [9.17, 15) is 9.59 Å². The number of benzene rings is 1. The van der Waals surface area contributed by atoms with Crippen molar-refractivity contribution < 1.29 is 19.1 Å². The second-order valence-corrected chi connectivity index (χ2v) is 6.97. The summed E-state index contributed by atoms with van der Waals surface area (Å²) in [5, 5.41) is 7.85. The highest BCUT2D eigenvalue weighted by atomic mass is 35.5. The number of carbonyl (C=O) groups excluding carboxylic acids is 2. The molecule has 0 fully saturated rings. The van der Waals surface area contributed by atoms with Crippen molar-refractivity contribution >= 4 is 23.3 Å². The Bertz CT molecular complexity index is 879. The molecule has 0 saturated carbocycles.